The third-order valence-corrected chi connectivity index (χ3v) is 12.8. The maximum atomic E-state index is 14.0. The molecule has 2 saturated heterocycles. The minimum atomic E-state index is -0.894. The van der Waals surface area contributed by atoms with Crippen LogP contribution in [0.2, 0.25) is 0 Å². The van der Waals surface area contributed by atoms with Crippen molar-refractivity contribution in [2.45, 2.75) is 70.3 Å². The van der Waals surface area contributed by atoms with Crippen LogP contribution < -0.4 is 15.4 Å². The second-order valence-electron chi connectivity index (χ2n) is 16.8. The number of allylic oxidation sites excluding steroid dienone is 3. The van der Waals surface area contributed by atoms with Crippen LogP contribution in [0.5, 0.6) is 5.75 Å². The number of amides is 4. The van der Waals surface area contributed by atoms with Crippen molar-refractivity contribution in [3.8, 4) is 39.4 Å². The van der Waals surface area contributed by atoms with Crippen LogP contribution in [-0.4, -0.2) is 87.1 Å². The van der Waals surface area contributed by atoms with Crippen molar-refractivity contribution in [3.05, 3.63) is 138 Å². The first-order chi connectivity index (χ1) is 32.1. The fourth-order valence-corrected chi connectivity index (χ4v) is 9.40. The molecule has 0 aliphatic carbocycles. The van der Waals surface area contributed by atoms with Gasteiger partial charge in [-0.05, 0) is 90.9 Å². The zero-order valence-electron chi connectivity index (χ0n) is 37.3. The van der Waals surface area contributed by atoms with E-state index >= 15 is 0 Å². The van der Waals surface area contributed by atoms with Crippen LogP contribution in [0, 0.1) is 0 Å². The normalized spacial score (nSPS) is 17.8. The van der Waals surface area contributed by atoms with Crippen LogP contribution in [0.25, 0.3) is 44.4 Å². The number of alkyl carbamates (subject to hydrolysis) is 2. The number of aromatic nitrogens is 4. The molecule has 1 unspecified atom stereocenters. The van der Waals surface area contributed by atoms with E-state index in [1.165, 1.54) is 14.2 Å². The third kappa shape index (κ3) is 8.51. The number of rotatable bonds is 11. The highest BCUT2D eigenvalue weighted by molar-refractivity contribution is 5.98. The molecule has 4 atom stereocenters. The van der Waals surface area contributed by atoms with Gasteiger partial charge in [-0.15, -0.1) is 0 Å². The van der Waals surface area contributed by atoms with Gasteiger partial charge in [0.05, 0.1) is 50.1 Å². The van der Waals surface area contributed by atoms with E-state index in [-0.39, 0.29) is 23.9 Å². The first-order valence-corrected chi connectivity index (χ1v) is 22.2. The molecule has 6 aromatic rings. The number of nitrogens with one attached hydrogen (secondary N) is 4. The maximum Gasteiger partial charge on any atom is 0.407 e. The van der Waals surface area contributed by atoms with Gasteiger partial charge in [-0.2, -0.15) is 0 Å². The third-order valence-electron chi connectivity index (χ3n) is 12.8. The van der Waals surface area contributed by atoms with Crippen LogP contribution in [0.1, 0.15) is 80.4 Å². The zero-order valence-corrected chi connectivity index (χ0v) is 37.3. The van der Waals surface area contributed by atoms with Crippen LogP contribution >= 0.6 is 0 Å². The number of carbonyl (C=O) groups excluding carboxylic acids is 4. The highest BCUT2D eigenvalue weighted by atomic mass is 16.5. The molecule has 3 aliphatic heterocycles. The molecule has 2 fully saturated rings. The number of ether oxygens (including phenoxy) is 3. The summed E-state index contributed by atoms with van der Waals surface area (Å²) in [5.41, 5.74) is 8.08. The molecule has 0 radical (unpaired) electrons. The van der Waals surface area contributed by atoms with Gasteiger partial charge in [0.2, 0.25) is 5.91 Å². The molecule has 0 spiro atoms. The van der Waals surface area contributed by atoms with Crippen molar-refractivity contribution in [2.75, 3.05) is 27.3 Å². The zero-order chi connectivity index (χ0) is 45.9. The monoisotopic (exact) mass is 888 g/mol. The van der Waals surface area contributed by atoms with E-state index in [1.807, 2.05) is 62.4 Å². The van der Waals surface area contributed by atoms with Gasteiger partial charge in [-0.3, -0.25) is 9.59 Å². The quantitative estimate of drug-likeness (QED) is 0.0924. The molecular weight excluding hydrogens is 837 g/mol. The summed E-state index contributed by atoms with van der Waals surface area (Å²) >= 11 is 0. The van der Waals surface area contributed by atoms with Crippen molar-refractivity contribution in [1.29, 1.82) is 0 Å². The van der Waals surface area contributed by atoms with E-state index < -0.39 is 24.3 Å². The lowest BCUT2D eigenvalue weighted by atomic mass is 9.92. The van der Waals surface area contributed by atoms with E-state index in [9.17, 15) is 19.2 Å². The summed E-state index contributed by atoms with van der Waals surface area (Å²) in [5.74, 6) is 1.77. The average Bonchev–Trinajstić information content (AvgIpc) is 4.21. The lowest BCUT2D eigenvalue weighted by Gasteiger charge is -2.28. The van der Waals surface area contributed by atoms with E-state index in [0.29, 0.717) is 42.5 Å². The lowest BCUT2D eigenvalue weighted by molar-refractivity contribution is -0.135. The minimum Gasteiger partial charge on any atom is -0.488 e. The van der Waals surface area contributed by atoms with Gasteiger partial charge in [-0.25, -0.2) is 19.6 Å². The molecule has 5 heterocycles. The van der Waals surface area contributed by atoms with Crippen molar-refractivity contribution >= 4 is 34.8 Å². The van der Waals surface area contributed by atoms with E-state index in [1.54, 1.807) is 22.2 Å². The number of imidazole rings is 2. The van der Waals surface area contributed by atoms with Gasteiger partial charge < -0.3 is 44.6 Å². The molecule has 9 rings (SSSR count). The summed E-state index contributed by atoms with van der Waals surface area (Å²) in [7, 11) is 2.56. The number of fused-ring (bicyclic) bond motifs is 5. The van der Waals surface area contributed by atoms with Gasteiger partial charge in [0.1, 0.15) is 36.1 Å². The minimum absolute atomic E-state index is 0.213. The van der Waals surface area contributed by atoms with E-state index in [2.05, 4.69) is 69.1 Å². The first kappa shape index (κ1) is 43.6. The Hall–Kier alpha value is -7.68. The smallest absolute Gasteiger partial charge is 0.407 e. The lowest BCUT2D eigenvalue weighted by Crippen LogP contribution is -2.49. The van der Waals surface area contributed by atoms with Crippen LogP contribution in [0.4, 0.5) is 9.59 Å². The molecule has 4 N–H and O–H groups in total. The number of likely N-dealkylation sites (tertiary alicyclic amines) is 2. The van der Waals surface area contributed by atoms with Crippen molar-refractivity contribution < 1.29 is 33.4 Å². The second-order valence-corrected chi connectivity index (χ2v) is 16.8. The Morgan fingerprint density at radius 1 is 0.773 bits per heavy atom. The summed E-state index contributed by atoms with van der Waals surface area (Å²) in [6.07, 6.45) is 10.9. The van der Waals surface area contributed by atoms with Crippen LogP contribution in [0.15, 0.2) is 115 Å². The van der Waals surface area contributed by atoms with E-state index in [0.717, 1.165) is 81.4 Å². The number of methoxy groups -OCH3 is 2. The Kier molecular flexibility index (Phi) is 12.4. The predicted octanol–water partition coefficient (Wildman–Crippen LogP) is 8.85. The topological polar surface area (TPSA) is 184 Å². The number of benzene rings is 4. The van der Waals surface area contributed by atoms with Gasteiger partial charge in [0, 0.05) is 29.6 Å². The van der Waals surface area contributed by atoms with Gasteiger partial charge >= 0.3 is 12.2 Å². The number of hydrogen-bond acceptors (Lipinski definition) is 9. The molecule has 0 saturated carbocycles. The predicted molar refractivity (Wildman–Crippen MR) is 249 cm³/mol. The van der Waals surface area contributed by atoms with Gasteiger partial charge in [-0.1, -0.05) is 78.9 Å². The first-order valence-electron chi connectivity index (χ1n) is 22.2. The molecule has 15 heteroatoms. The Balaban J connectivity index is 0.912. The molecule has 4 aromatic carbocycles. The number of H-pyrrole nitrogens is 2. The number of carbonyl (C=O) groups is 4. The average molecular weight is 889 g/mol. The molecule has 0 bridgehead atoms. The molecule has 2 aromatic heterocycles. The Morgan fingerprint density at radius 2 is 1.39 bits per heavy atom. The van der Waals surface area contributed by atoms with Crippen LogP contribution in [0.3, 0.4) is 0 Å². The Bertz CT molecular complexity index is 2870. The fraction of sp³-hybridized carbons (Fsp3) is 0.294. The van der Waals surface area contributed by atoms with Gasteiger partial charge in [0.25, 0.3) is 5.91 Å². The molecule has 15 nitrogen and oxygen atoms in total. The van der Waals surface area contributed by atoms with Crippen molar-refractivity contribution in [2.24, 2.45) is 0 Å². The van der Waals surface area contributed by atoms with Crippen molar-refractivity contribution in [1.82, 2.24) is 40.4 Å². The number of hydrogen-bond donors (Lipinski definition) is 4. The standard InChI is InChI=1S/C51H52N8O7/c1-5-6-12-30(2)43(56-50(62)64-3)48(60)58-23-10-15-41(58)46-52-27-39(54-46)33-19-21-37-32(25-33)17-22-38-36-20-18-34(26-35(36)29-66-45(37)38)40-28-53-47(55-40)42-16-11-24-59(42)49(61)44(57-51(63)65-4)31-13-8-7-9-14-31/h5-9,12-14,17-22,25-28,41-44H,10-11,15-16,23-24,29H2,1-4H3,(H,52,54)(H,53,55)(H,56,62)(H,57,63)/b6-5-,30-12+/t41-,42-,43?,44+/m0/s1. The fourth-order valence-electron chi connectivity index (χ4n) is 9.40. The van der Waals surface area contributed by atoms with E-state index in [4.69, 9.17) is 24.2 Å². The van der Waals surface area contributed by atoms with Gasteiger partial charge in [0.15, 0.2) is 0 Å². The van der Waals surface area contributed by atoms with Crippen LogP contribution in [-0.2, 0) is 25.7 Å². The summed E-state index contributed by atoms with van der Waals surface area (Å²) in [4.78, 5) is 72.6. The highest BCUT2D eigenvalue weighted by Crippen LogP contribution is 2.44. The number of aromatic amines is 2. The SMILES string of the molecule is C/C=C\C=C(/C)C(NC(=O)OC)C(=O)N1CCC[C@H]1c1ncc(-c2ccc3c4c(ccc3c2)-c2ccc(-c3cnc([C@@H]5CCCN5C(=O)[C@H](NC(=O)OC)c5ccccc5)[nH]3)cc2CO4)[nH]1. The summed E-state index contributed by atoms with van der Waals surface area (Å²) in [5, 5.41) is 7.45. The second kappa shape index (κ2) is 18.8. The molecule has 4 amide bonds. The highest BCUT2D eigenvalue weighted by Gasteiger charge is 2.38. The Morgan fingerprint density at radius 3 is 2.06 bits per heavy atom. The summed E-state index contributed by atoms with van der Waals surface area (Å²) in [6.45, 7) is 5.18. The molecule has 3 aliphatic rings. The molecule has 338 valence electrons. The maximum absolute atomic E-state index is 14.0. The number of nitrogens with zero attached hydrogens (tertiary/aromatic N) is 4. The largest absolute Gasteiger partial charge is 0.488 e. The Labute approximate surface area is 382 Å². The molecule has 66 heavy (non-hydrogen) atoms. The molecular formula is C51H52N8O7. The van der Waals surface area contributed by atoms with Crippen molar-refractivity contribution in [3.63, 3.8) is 0 Å². The summed E-state index contributed by atoms with van der Waals surface area (Å²) in [6, 6.07) is 23.6. The summed E-state index contributed by atoms with van der Waals surface area (Å²) < 4.78 is 16.2.